The second-order valence-corrected chi connectivity index (χ2v) is 2.29. The van der Waals surface area contributed by atoms with Crippen LogP contribution in [0.25, 0.3) is 0 Å². The van der Waals surface area contributed by atoms with E-state index in [1.165, 1.54) is 0 Å². The molecule has 0 radical (unpaired) electrons. The molecule has 0 aliphatic carbocycles. The zero-order valence-electron chi connectivity index (χ0n) is 4.78. The van der Waals surface area contributed by atoms with E-state index in [4.69, 9.17) is 0 Å². The van der Waals surface area contributed by atoms with E-state index in [0.717, 1.165) is 7.11 Å². The van der Waals surface area contributed by atoms with Crippen LogP contribution >= 0.6 is 0 Å². The van der Waals surface area contributed by atoms with Crippen molar-refractivity contribution in [2.75, 3.05) is 7.11 Å². The molecule has 0 bridgehead atoms. The first kappa shape index (κ1) is 13.8. The average Bonchev–Trinajstić information content (AvgIpc) is 1.85. The van der Waals surface area contributed by atoms with Crippen LogP contribution in [0.15, 0.2) is 0 Å². The monoisotopic (exact) mass is 186 g/mol. The predicted molar refractivity (Wildman–Crippen MR) is 31.3 cm³/mol. The van der Waals surface area contributed by atoms with Crippen molar-refractivity contribution in [1.82, 2.24) is 0 Å². The molecular weight excluding hydrogens is 181 g/mol. The molecule has 0 heterocycles. The minimum absolute atomic E-state index is 0. The van der Waals surface area contributed by atoms with E-state index in [-0.39, 0.29) is 18.9 Å². The third kappa shape index (κ3) is 8.19. The molecule has 0 aliphatic heterocycles. The molecule has 0 saturated carbocycles. The van der Waals surface area contributed by atoms with Crippen molar-refractivity contribution in [2.24, 2.45) is 0 Å². The first-order chi connectivity index (χ1) is 4.48. The Bertz CT molecular complexity index is 179. The molecular formula is C2H5F2LiO5S. The molecule has 64 valence electrons. The number of halogens is 2. The Labute approximate surface area is 74.0 Å². The Morgan fingerprint density at radius 1 is 1.36 bits per heavy atom. The van der Waals surface area contributed by atoms with Gasteiger partial charge in [-0.05, 0) is 0 Å². The number of rotatable bonds is 4. The molecule has 0 aliphatic rings. The van der Waals surface area contributed by atoms with E-state index in [0.29, 0.717) is 0 Å². The van der Waals surface area contributed by atoms with Crippen molar-refractivity contribution in [3.8, 4) is 0 Å². The summed E-state index contributed by atoms with van der Waals surface area (Å²) in [7, 11) is -3.68. The van der Waals surface area contributed by atoms with E-state index in [1.54, 1.807) is 0 Å². The van der Waals surface area contributed by atoms with Crippen molar-refractivity contribution in [2.45, 2.75) is 6.61 Å². The summed E-state index contributed by atoms with van der Waals surface area (Å²) in [5, 5.41) is 0. The summed E-state index contributed by atoms with van der Waals surface area (Å²) in [6.45, 7) is -3.31. The SMILES string of the molecule is COS(=O)(=O)OOC(F)F.[LiH]. The quantitative estimate of drug-likeness (QED) is 0.333. The van der Waals surface area contributed by atoms with Gasteiger partial charge in [0.1, 0.15) is 0 Å². The van der Waals surface area contributed by atoms with E-state index in [2.05, 4.69) is 13.4 Å². The van der Waals surface area contributed by atoms with Gasteiger partial charge in [-0.15, -0.1) is 4.89 Å². The number of hydrogen-bond donors (Lipinski definition) is 0. The molecule has 0 aromatic carbocycles. The standard InChI is InChI=1S/C2H4F2O5S.Li.H/c1-7-10(5,6)9-8-2(3)4;;/h2H,1H3;;. The number of hydrogen-bond acceptors (Lipinski definition) is 5. The van der Waals surface area contributed by atoms with Crippen molar-refractivity contribution in [3.63, 3.8) is 0 Å². The van der Waals surface area contributed by atoms with E-state index >= 15 is 0 Å². The molecule has 0 fully saturated rings. The molecule has 0 N–H and O–H groups in total. The third-order valence-electron chi connectivity index (χ3n) is 0.399. The molecule has 5 nitrogen and oxygen atoms in total. The summed E-state index contributed by atoms with van der Waals surface area (Å²) in [4.78, 5) is 2.95. The first-order valence-electron chi connectivity index (χ1n) is 1.91. The summed E-state index contributed by atoms with van der Waals surface area (Å²) in [5.74, 6) is 0. The summed E-state index contributed by atoms with van der Waals surface area (Å²) < 4.78 is 48.8. The van der Waals surface area contributed by atoms with Crippen LogP contribution in [0.2, 0.25) is 0 Å². The van der Waals surface area contributed by atoms with Crippen LogP contribution < -0.4 is 0 Å². The van der Waals surface area contributed by atoms with Gasteiger partial charge in [-0.3, -0.25) is 0 Å². The van der Waals surface area contributed by atoms with Gasteiger partial charge in [0.25, 0.3) is 0 Å². The normalized spacial score (nSPS) is 11.3. The predicted octanol–water partition coefficient (Wildman–Crippen LogP) is -0.600. The molecule has 0 rings (SSSR count). The van der Waals surface area contributed by atoms with Crippen molar-refractivity contribution in [1.29, 1.82) is 0 Å². The topological polar surface area (TPSA) is 61.8 Å². The van der Waals surface area contributed by atoms with E-state index < -0.39 is 17.0 Å². The second kappa shape index (κ2) is 5.88. The zero-order chi connectivity index (χ0) is 8.20. The minimum atomic E-state index is -4.42. The molecule has 0 atom stereocenters. The second-order valence-electron chi connectivity index (χ2n) is 1.000. The molecule has 0 spiro atoms. The van der Waals surface area contributed by atoms with Crippen LogP contribution in [0.4, 0.5) is 8.78 Å². The van der Waals surface area contributed by atoms with Gasteiger partial charge in [0.05, 0.1) is 7.11 Å². The van der Waals surface area contributed by atoms with Crippen molar-refractivity contribution < 1.29 is 30.6 Å². The Balaban J connectivity index is 0. The van der Waals surface area contributed by atoms with Gasteiger partial charge in [0.15, 0.2) is 0 Å². The maximum atomic E-state index is 11.0. The van der Waals surface area contributed by atoms with Crippen molar-refractivity contribution in [3.05, 3.63) is 0 Å². The molecule has 9 heteroatoms. The zero-order valence-corrected chi connectivity index (χ0v) is 5.60. The Morgan fingerprint density at radius 2 is 1.82 bits per heavy atom. The van der Waals surface area contributed by atoms with E-state index in [1.807, 2.05) is 0 Å². The summed E-state index contributed by atoms with van der Waals surface area (Å²) in [6.07, 6.45) is 0. The summed E-state index contributed by atoms with van der Waals surface area (Å²) >= 11 is 0. The van der Waals surface area contributed by atoms with Gasteiger partial charge < -0.3 is 0 Å². The van der Waals surface area contributed by atoms with Crippen LogP contribution in [0.3, 0.4) is 0 Å². The summed E-state index contributed by atoms with van der Waals surface area (Å²) in [6, 6.07) is 0. The summed E-state index contributed by atoms with van der Waals surface area (Å²) in [5.41, 5.74) is 0. The molecule has 0 saturated heterocycles. The van der Waals surface area contributed by atoms with Gasteiger partial charge in [0.2, 0.25) is 0 Å². The Morgan fingerprint density at radius 3 is 2.09 bits per heavy atom. The van der Waals surface area contributed by atoms with Crippen LogP contribution in [0.5, 0.6) is 0 Å². The van der Waals surface area contributed by atoms with Gasteiger partial charge in [-0.2, -0.15) is 17.2 Å². The number of alkyl halides is 2. The van der Waals surface area contributed by atoms with E-state index in [9.17, 15) is 17.2 Å². The molecule has 0 aromatic rings. The first-order valence-corrected chi connectivity index (χ1v) is 3.25. The third-order valence-corrected chi connectivity index (χ3v) is 1.05. The van der Waals surface area contributed by atoms with Gasteiger partial charge in [-0.1, -0.05) is 4.33 Å². The Kier molecular flexibility index (Phi) is 7.40. The molecule has 0 aromatic heterocycles. The van der Waals surface area contributed by atoms with Gasteiger partial charge in [-0.25, -0.2) is 4.18 Å². The Hall–Kier alpha value is 0.287. The fourth-order valence-corrected chi connectivity index (χ4v) is 0.317. The van der Waals surface area contributed by atoms with Crippen LogP contribution in [-0.2, 0) is 23.8 Å². The van der Waals surface area contributed by atoms with Gasteiger partial charge >= 0.3 is 35.9 Å². The fraction of sp³-hybridized carbons (Fsp3) is 1.00. The average molecular weight is 186 g/mol. The molecule has 11 heavy (non-hydrogen) atoms. The maximum absolute atomic E-state index is 11.0. The van der Waals surface area contributed by atoms with Gasteiger partial charge in [0, 0.05) is 0 Å². The van der Waals surface area contributed by atoms with Crippen molar-refractivity contribution >= 4 is 29.3 Å². The molecule has 0 unspecified atom stereocenters. The molecule has 0 amide bonds. The van der Waals surface area contributed by atoms with Crippen LogP contribution in [0.1, 0.15) is 0 Å². The fourth-order valence-electron chi connectivity index (χ4n) is 0.106. The van der Waals surface area contributed by atoms with Crippen LogP contribution in [-0.4, -0.2) is 41.0 Å². The van der Waals surface area contributed by atoms with Crippen LogP contribution in [0, 0.1) is 0 Å².